The van der Waals surface area contributed by atoms with Crippen LogP contribution < -0.4 is 4.74 Å². The molecule has 0 aliphatic rings. The Labute approximate surface area is 179 Å². The molecule has 0 aliphatic heterocycles. The first-order valence-corrected chi connectivity index (χ1v) is 9.93. The molecule has 1 N–H and O–H groups in total. The predicted octanol–water partition coefficient (Wildman–Crippen LogP) is 5.16. The normalized spacial score (nSPS) is 11.2. The maximum atomic E-state index is 5.97. The molecule has 150 valence electrons. The van der Waals surface area contributed by atoms with Gasteiger partial charge in [-0.3, -0.25) is 0 Å². The number of benzene rings is 3. The lowest BCUT2D eigenvalue weighted by Gasteiger charge is -2.07. The number of ether oxygens (including phenoxy) is 1. The number of pyridine rings is 1. The molecule has 5 aromatic rings. The van der Waals surface area contributed by atoms with Crippen LogP contribution in [0.1, 0.15) is 16.8 Å². The maximum absolute atomic E-state index is 5.97. The predicted molar refractivity (Wildman–Crippen MR) is 121 cm³/mol. The number of H-pyrrole nitrogens is 1. The second-order valence-corrected chi connectivity index (χ2v) is 7.05. The van der Waals surface area contributed by atoms with Gasteiger partial charge < -0.3 is 4.74 Å². The summed E-state index contributed by atoms with van der Waals surface area (Å²) in [5.41, 5.74) is 4.95. The van der Waals surface area contributed by atoms with Gasteiger partial charge in [0.2, 0.25) is 5.82 Å². The van der Waals surface area contributed by atoms with Gasteiger partial charge in [0.05, 0.1) is 11.2 Å². The van der Waals surface area contributed by atoms with E-state index in [1.807, 2.05) is 72.8 Å². The number of nitrogens with one attached hydrogen (secondary N) is 1. The molecule has 2 aromatic heterocycles. The van der Waals surface area contributed by atoms with Crippen LogP contribution in [0.5, 0.6) is 5.75 Å². The Morgan fingerprint density at radius 2 is 1.68 bits per heavy atom. The summed E-state index contributed by atoms with van der Waals surface area (Å²) in [6.07, 6.45) is 4.12. The quantitative estimate of drug-likeness (QED) is 0.395. The molecule has 0 atom stereocenters. The molecule has 0 radical (unpaired) electrons. The lowest BCUT2D eigenvalue weighted by molar-refractivity contribution is 0.302. The van der Waals surface area contributed by atoms with Crippen molar-refractivity contribution in [2.45, 2.75) is 6.61 Å². The number of aromatic amines is 1. The van der Waals surface area contributed by atoms with Crippen LogP contribution in [0.25, 0.3) is 34.4 Å². The average Bonchev–Trinajstić information content (AvgIpc) is 3.37. The molecule has 0 unspecified atom stereocenters. The van der Waals surface area contributed by atoms with Crippen molar-refractivity contribution in [3.63, 3.8) is 0 Å². The first kappa shape index (κ1) is 18.7. The largest absolute Gasteiger partial charge is 0.487 e. The highest BCUT2D eigenvalue weighted by molar-refractivity contribution is 5.78. The highest BCUT2D eigenvalue weighted by Gasteiger charge is 2.02. The van der Waals surface area contributed by atoms with Gasteiger partial charge in [-0.15, -0.1) is 10.2 Å². The van der Waals surface area contributed by atoms with E-state index in [-0.39, 0.29) is 0 Å². The van der Waals surface area contributed by atoms with E-state index in [9.17, 15) is 0 Å². The molecule has 0 fully saturated rings. The van der Waals surface area contributed by atoms with Gasteiger partial charge in [0.25, 0.3) is 0 Å². The number of fused-ring (bicyclic) bond motifs is 1. The molecule has 2 heterocycles. The van der Waals surface area contributed by atoms with Crippen molar-refractivity contribution in [1.29, 1.82) is 0 Å². The smallest absolute Gasteiger partial charge is 0.204 e. The van der Waals surface area contributed by atoms with Crippen LogP contribution in [0.2, 0.25) is 0 Å². The first-order chi connectivity index (χ1) is 15.3. The zero-order valence-electron chi connectivity index (χ0n) is 16.6. The number of aromatic nitrogens is 5. The zero-order valence-corrected chi connectivity index (χ0v) is 16.6. The number of nitrogens with zero attached hydrogens (tertiary/aromatic N) is 4. The summed E-state index contributed by atoms with van der Waals surface area (Å²) in [7, 11) is 0. The Morgan fingerprint density at radius 1 is 0.806 bits per heavy atom. The Morgan fingerprint density at radius 3 is 2.55 bits per heavy atom. The molecular formula is C25H19N5O. The van der Waals surface area contributed by atoms with Crippen LogP contribution in [-0.4, -0.2) is 25.6 Å². The highest BCUT2D eigenvalue weighted by Crippen LogP contribution is 2.19. The summed E-state index contributed by atoms with van der Waals surface area (Å²) in [5.74, 6) is 1.39. The van der Waals surface area contributed by atoms with Crippen LogP contribution in [0.15, 0.2) is 84.9 Å². The molecule has 0 saturated heterocycles. The van der Waals surface area contributed by atoms with E-state index in [0.29, 0.717) is 12.4 Å². The number of tetrazole rings is 1. The van der Waals surface area contributed by atoms with Crippen LogP contribution in [0.3, 0.4) is 0 Å². The number of para-hydroxylation sites is 1. The van der Waals surface area contributed by atoms with Crippen molar-refractivity contribution in [3.8, 4) is 17.1 Å². The fraction of sp³-hybridized carbons (Fsp3) is 0.0400. The summed E-state index contributed by atoms with van der Waals surface area (Å²) >= 11 is 0. The lowest BCUT2D eigenvalue weighted by atomic mass is 10.1. The minimum atomic E-state index is 0.426. The van der Waals surface area contributed by atoms with E-state index in [1.54, 1.807) is 0 Å². The molecule has 0 spiro atoms. The van der Waals surface area contributed by atoms with E-state index < -0.39 is 0 Å². The Hall–Kier alpha value is -4.32. The summed E-state index contributed by atoms with van der Waals surface area (Å²) < 4.78 is 5.97. The van der Waals surface area contributed by atoms with Gasteiger partial charge >= 0.3 is 0 Å². The average molecular weight is 405 g/mol. The fourth-order valence-electron chi connectivity index (χ4n) is 3.27. The third kappa shape index (κ3) is 4.48. The summed E-state index contributed by atoms with van der Waals surface area (Å²) in [6, 6.07) is 28.2. The fourth-order valence-corrected chi connectivity index (χ4v) is 3.27. The molecule has 31 heavy (non-hydrogen) atoms. The minimum Gasteiger partial charge on any atom is -0.487 e. The number of hydrogen-bond acceptors (Lipinski definition) is 5. The van der Waals surface area contributed by atoms with Crippen molar-refractivity contribution in [2.24, 2.45) is 0 Å². The highest BCUT2D eigenvalue weighted by atomic mass is 16.5. The van der Waals surface area contributed by atoms with Crippen molar-refractivity contribution >= 4 is 23.1 Å². The Balaban J connectivity index is 1.25. The topological polar surface area (TPSA) is 76.6 Å². The van der Waals surface area contributed by atoms with Gasteiger partial charge in [-0.25, -0.2) is 4.98 Å². The van der Waals surface area contributed by atoms with Crippen LogP contribution in [-0.2, 0) is 6.61 Å². The van der Waals surface area contributed by atoms with Gasteiger partial charge in [-0.2, -0.15) is 5.21 Å². The van der Waals surface area contributed by atoms with Crippen molar-refractivity contribution < 1.29 is 4.74 Å². The molecule has 0 aliphatic carbocycles. The van der Waals surface area contributed by atoms with E-state index in [2.05, 4.69) is 49.9 Å². The van der Waals surface area contributed by atoms with Gasteiger partial charge in [0.1, 0.15) is 12.4 Å². The number of hydrogen-bond donors (Lipinski definition) is 1. The molecule has 0 amide bonds. The van der Waals surface area contributed by atoms with Crippen molar-refractivity contribution in [2.75, 3.05) is 0 Å². The second kappa shape index (κ2) is 8.59. The van der Waals surface area contributed by atoms with E-state index >= 15 is 0 Å². The van der Waals surface area contributed by atoms with Gasteiger partial charge in [0.15, 0.2) is 0 Å². The minimum absolute atomic E-state index is 0.426. The van der Waals surface area contributed by atoms with Crippen molar-refractivity contribution in [3.05, 3.63) is 102 Å². The molecule has 6 heteroatoms. The second-order valence-electron chi connectivity index (χ2n) is 7.05. The lowest BCUT2D eigenvalue weighted by Crippen LogP contribution is -1.98. The van der Waals surface area contributed by atoms with E-state index in [0.717, 1.165) is 39.0 Å². The maximum Gasteiger partial charge on any atom is 0.204 e. The monoisotopic (exact) mass is 405 g/mol. The molecule has 5 rings (SSSR count). The van der Waals surface area contributed by atoms with Crippen LogP contribution in [0.4, 0.5) is 0 Å². The molecule has 6 nitrogen and oxygen atoms in total. The molecular weight excluding hydrogens is 386 g/mol. The van der Waals surface area contributed by atoms with E-state index in [1.165, 1.54) is 0 Å². The molecule has 0 saturated carbocycles. The summed E-state index contributed by atoms with van der Waals surface area (Å²) in [5, 5.41) is 15.2. The third-order valence-electron chi connectivity index (χ3n) is 4.88. The molecule has 3 aromatic carbocycles. The van der Waals surface area contributed by atoms with Gasteiger partial charge in [0, 0.05) is 10.9 Å². The molecule has 0 bridgehead atoms. The van der Waals surface area contributed by atoms with Crippen LogP contribution >= 0.6 is 0 Å². The summed E-state index contributed by atoms with van der Waals surface area (Å²) in [4.78, 5) is 4.66. The number of rotatable bonds is 6. The first-order valence-electron chi connectivity index (χ1n) is 9.93. The Kier molecular flexibility index (Phi) is 5.18. The Bertz CT molecular complexity index is 1330. The van der Waals surface area contributed by atoms with Gasteiger partial charge in [-0.1, -0.05) is 72.8 Å². The van der Waals surface area contributed by atoms with Crippen LogP contribution in [0, 0.1) is 0 Å². The van der Waals surface area contributed by atoms with Gasteiger partial charge in [-0.05, 0) is 40.6 Å². The van der Waals surface area contributed by atoms with Crippen molar-refractivity contribution in [1.82, 2.24) is 25.6 Å². The van der Waals surface area contributed by atoms with E-state index in [4.69, 9.17) is 4.74 Å². The SMILES string of the molecule is C(=Cc1cccc(OCc2ccc3ccccc3n2)c1)c1ccc(-c2nn[nH]n2)cc1. The third-order valence-corrected chi connectivity index (χ3v) is 4.88. The summed E-state index contributed by atoms with van der Waals surface area (Å²) in [6.45, 7) is 0.426. The zero-order chi connectivity index (χ0) is 20.9. The standard InChI is InChI=1S/C25H19N5O/c1-2-7-24-20(5-1)14-15-22(26-24)17-31-23-6-3-4-19(16-23)9-8-18-10-12-21(13-11-18)25-27-29-30-28-25/h1-16H,17H2,(H,27,28,29,30).